The quantitative estimate of drug-likeness (QED) is 0.297. The summed E-state index contributed by atoms with van der Waals surface area (Å²) in [4.78, 5) is 67.4. The first kappa shape index (κ1) is 36.4. The van der Waals surface area contributed by atoms with Crippen LogP contribution in [0.4, 0.5) is 4.39 Å². The number of methoxy groups -OCH3 is 1. The van der Waals surface area contributed by atoms with E-state index in [1.807, 2.05) is 6.07 Å². The summed E-state index contributed by atoms with van der Waals surface area (Å²) < 4.78 is 32.1. The molecule has 15 heteroatoms. The summed E-state index contributed by atoms with van der Waals surface area (Å²) in [6, 6.07) is 8.88. The molecular formula is C34H40FN5O9. The van der Waals surface area contributed by atoms with Crippen molar-refractivity contribution in [1.29, 1.82) is 0 Å². The van der Waals surface area contributed by atoms with Gasteiger partial charge in [-0.05, 0) is 67.6 Å². The van der Waals surface area contributed by atoms with Crippen LogP contribution in [-0.4, -0.2) is 83.1 Å². The molecule has 0 saturated carbocycles. The van der Waals surface area contributed by atoms with Crippen LogP contribution in [0.1, 0.15) is 47.3 Å². The third-order valence-electron chi connectivity index (χ3n) is 8.23. The number of carboxylic acid groups (broad SMARTS) is 1. The van der Waals surface area contributed by atoms with Crippen LogP contribution in [-0.2, 0) is 38.6 Å². The Labute approximate surface area is 282 Å². The number of hydrogen-bond acceptors (Lipinski definition) is 9. The van der Waals surface area contributed by atoms with Crippen molar-refractivity contribution in [2.75, 3.05) is 26.8 Å². The Bertz CT molecular complexity index is 1700. The third-order valence-corrected chi connectivity index (χ3v) is 8.23. The average Bonchev–Trinajstić information content (AvgIpc) is 3.05. The van der Waals surface area contributed by atoms with Gasteiger partial charge in [0.2, 0.25) is 11.8 Å². The zero-order valence-electron chi connectivity index (χ0n) is 27.5. The monoisotopic (exact) mass is 681 g/mol. The van der Waals surface area contributed by atoms with Crippen molar-refractivity contribution < 1.29 is 42.9 Å². The Kier molecular flexibility index (Phi) is 12.7. The number of H-pyrrole nitrogens is 1. The molecule has 2 aromatic carbocycles. The summed E-state index contributed by atoms with van der Waals surface area (Å²) in [5, 5.41) is 12.7. The molecule has 0 spiro atoms. The molecule has 1 fully saturated rings. The number of halogens is 1. The Morgan fingerprint density at radius 1 is 1.12 bits per heavy atom. The molecule has 262 valence electrons. The summed E-state index contributed by atoms with van der Waals surface area (Å²) >= 11 is 0. The molecule has 0 radical (unpaired) electrons. The lowest BCUT2D eigenvalue weighted by atomic mass is 10.00. The van der Waals surface area contributed by atoms with Crippen molar-refractivity contribution in [3.8, 4) is 17.2 Å². The van der Waals surface area contributed by atoms with Gasteiger partial charge in [0, 0.05) is 56.4 Å². The maximum absolute atomic E-state index is 14.6. The number of benzene rings is 2. The van der Waals surface area contributed by atoms with E-state index in [2.05, 4.69) is 20.6 Å². The van der Waals surface area contributed by atoms with Gasteiger partial charge in [-0.2, -0.15) is 4.98 Å². The van der Waals surface area contributed by atoms with Gasteiger partial charge < -0.3 is 39.8 Å². The van der Waals surface area contributed by atoms with Crippen LogP contribution in [0.2, 0.25) is 0 Å². The number of carbonyl (C=O) groups excluding carboxylic acids is 3. The third kappa shape index (κ3) is 10.3. The van der Waals surface area contributed by atoms with Crippen molar-refractivity contribution in [3.05, 3.63) is 80.8 Å². The van der Waals surface area contributed by atoms with Gasteiger partial charge in [-0.25, -0.2) is 9.18 Å². The van der Waals surface area contributed by atoms with Crippen LogP contribution in [0.5, 0.6) is 17.2 Å². The number of amides is 3. The van der Waals surface area contributed by atoms with Crippen molar-refractivity contribution in [2.45, 2.75) is 64.6 Å². The number of rotatable bonds is 4. The molecular weight excluding hydrogens is 641 g/mol. The van der Waals surface area contributed by atoms with Crippen LogP contribution in [0.3, 0.4) is 0 Å². The number of hydrogen-bond donors (Lipinski definition) is 4. The van der Waals surface area contributed by atoms with Gasteiger partial charge in [0.1, 0.15) is 17.7 Å². The first-order valence-corrected chi connectivity index (χ1v) is 15.7. The van der Waals surface area contributed by atoms with E-state index in [1.54, 1.807) is 36.9 Å². The predicted molar refractivity (Wildman–Crippen MR) is 174 cm³/mol. The average molecular weight is 682 g/mol. The minimum atomic E-state index is -0.634. The van der Waals surface area contributed by atoms with Gasteiger partial charge in [-0.15, -0.1) is 0 Å². The molecule has 2 atom stereocenters. The minimum Gasteiger partial charge on any atom is -0.493 e. The number of fused-ring (bicyclic) bond motifs is 5. The maximum Gasteiger partial charge on any atom is 0.345 e. The molecule has 4 N–H and O–H groups in total. The molecule has 3 aromatic rings. The van der Waals surface area contributed by atoms with Crippen LogP contribution >= 0.6 is 0 Å². The van der Waals surface area contributed by atoms with Crippen molar-refractivity contribution in [1.82, 2.24) is 25.5 Å². The highest BCUT2D eigenvalue weighted by Gasteiger charge is 2.34. The fraction of sp³-hybridized carbons (Fsp3) is 0.412. The van der Waals surface area contributed by atoms with Crippen LogP contribution in [0.25, 0.3) is 0 Å². The summed E-state index contributed by atoms with van der Waals surface area (Å²) in [5.74, 6) is -0.241. The molecule has 1 saturated heterocycles. The largest absolute Gasteiger partial charge is 0.493 e. The van der Waals surface area contributed by atoms with E-state index in [0.717, 1.165) is 11.1 Å². The summed E-state index contributed by atoms with van der Waals surface area (Å²) in [6.45, 7) is 3.56. The van der Waals surface area contributed by atoms with Crippen molar-refractivity contribution in [3.63, 3.8) is 0 Å². The van der Waals surface area contributed by atoms with E-state index in [-0.39, 0.29) is 56.6 Å². The lowest BCUT2D eigenvalue weighted by Gasteiger charge is -2.39. The maximum atomic E-state index is 14.6. The van der Waals surface area contributed by atoms with Gasteiger partial charge >= 0.3 is 5.69 Å². The number of ether oxygens (including phenoxy) is 3. The van der Waals surface area contributed by atoms with E-state index in [1.165, 1.54) is 19.2 Å². The molecule has 0 aliphatic carbocycles. The van der Waals surface area contributed by atoms with E-state index in [0.29, 0.717) is 54.3 Å². The molecule has 2 aliphatic heterocycles. The van der Waals surface area contributed by atoms with Gasteiger partial charge in [-0.3, -0.25) is 19.2 Å². The molecule has 0 unspecified atom stereocenters. The second kappa shape index (κ2) is 17.1. The number of aromatic amines is 1. The van der Waals surface area contributed by atoms with Gasteiger partial charge in [0.25, 0.3) is 12.4 Å². The molecule has 49 heavy (non-hydrogen) atoms. The highest BCUT2D eigenvalue weighted by molar-refractivity contribution is 5.79. The predicted octanol–water partition coefficient (Wildman–Crippen LogP) is 1.97. The van der Waals surface area contributed by atoms with E-state index in [4.69, 9.17) is 24.1 Å². The Hall–Kier alpha value is -5.47. The molecule has 2 aliphatic rings. The normalized spacial score (nSPS) is 18.0. The first-order chi connectivity index (χ1) is 23.5. The van der Waals surface area contributed by atoms with Crippen molar-refractivity contribution in [2.24, 2.45) is 0 Å². The number of aryl methyl sites for hydroxylation is 3. The second-order valence-electron chi connectivity index (χ2n) is 11.6. The summed E-state index contributed by atoms with van der Waals surface area (Å²) in [7, 11) is 1.50. The van der Waals surface area contributed by atoms with E-state index in [9.17, 15) is 23.6 Å². The highest BCUT2D eigenvalue weighted by atomic mass is 19.1. The molecule has 1 aromatic heterocycles. The lowest BCUT2D eigenvalue weighted by Crippen LogP contribution is -2.58. The number of nitrogens with zero attached hydrogens (tertiary/aromatic N) is 2. The van der Waals surface area contributed by atoms with Gasteiger partial charge in [0.15, 0.2) is 18.1 Å². The molecule has 14 nitrogen and oxygen atoms in total. The molecule has 3 amide bonds. The van der Waals surface area contributed by atoms with Gasteiger partial charge in [-0.1, -0.05) is 6.07 Å². The molecule has 4 bridgehead atoms. The Morgan fingerprint density at radius 3 is 2.63 bits per heavy atom. The fourth-order valence-corrected chi connectivity index (χ4v) is 5.84. The van der Waals surface area contributed by atoms with E-state index >= 15 is 0 Å². The zero-order chi connectivity index (χ0) is 35.5. The number of aromatic nitrogens is 2. The molecule has 3 heterocycles. The minimum absolute atomic E-state index is 0.112. The number of nitrogens with one attached hydrogen (secondary N) is 3. The fourth-order valence-electron chi connectivity index (χ4n) is 5.84. The Morgan fingerprint density at radius 2 is 1.90 bits per heavy atom. The standard InChI is InChI=1S/C33H38FN5O7.CH2O2/c1-19-25(20(2)37-33(43)36-19)6-9-32(42)39-11-10-27-26(17-39)38-31(41)18-45-29-14-21(4-7-28(29)44-3)5-8-30(40)35-16-22-12-23(34)15-24(13-22)46-27;2-1-3/h4,7,12-15,26-27H,5-6,8-11,16-18H2,1-3H3,(H,35,40)(H,38,41)(H,36,37,43);1H,(H,2,3)/t26-,27-;/m1./s1. The number of likely N-dealkylation sites (tertiary alicyclic amines) is 1. The lowest BCUT2D eigenvalue weighted by molar-refractivity contribution is -0.135. The van der Waals surface area contributed by atoms with Crippen LogP contribution in [0, 0.1) is 19.7 Å². The van der Waals surface area contributed by atoms with E-state index < -0.39 is 29.6 Å². The second-order valence-corrected chi connectivity index (χ2v) is 11.6. The molecule has 5 rings (SSSR count). The Balaban J connectivity index is 0.00000174. The first-order valence-electron chi connectivity index (χ1n) is 15.7. The summed E-state index contributed by atoms with van der Waals surface area (Å²) in [5.41, 5.74) is 2.97. The zero-order valence-corrected chi connectivity index (χ0v) is 27.5. The number of piperidine rings is 1. The van der Waals surface area contributed by atoms with Gasteiger partial charge in [0.05, 0.1) is 13.2 Å². The van der Waals surface area contributed by atoms with Crippen molar-refractivity contribution >= 4 is 24.2 Å². The smallest absolute Gasteiger partial charge is 0.345 e. The van der Waals surface area contributed by atoms with Crippen LogP contribution in [0.15, 0.2) is 41.2 Å². The highest BCUT2D eigenvalue weighted by Crippen LogP contribution is 2.29. The SMILES string of the molecule is COc1ccc2cc1OCC(=O)N[C@@H]1CN(C(=O)CCc3c(C)nc(=O)[nH]c3C)CC[C@H]1Oc1cc(F)cc(c1)CNC(=O)CC2.O=CO. The topological polar surface area (TPSA) is 189 Å². The van der Waals surface area contributed by atoms with Crippen LogP contribution < -0.4 is 30.5 Å². The number of carbonyl (C=O) groups is 4. The summed E-state index contributed by atoms with van der Waals surface area (Å²) in [6.07, 6.45) is 0.979.